The molecule has 13 heavy (non-hydrogen) atoms. The summed E-state index contributed by atoms with van der Waals surface area (Å²) in [5.74, 6) is 0.775. The molecule has 0 aromatic heterocycles. The Hall–Kier alpha value is -0.700. The van der Waals surface area contributed by atoms with E-state index in [1.54, 1.807) is 0 Å². The maximum absolute atomic E-state index is 5.75. The maximum atomic E-state index is 5.75. The van der Waals surface area contributed by atoms with Crippen LogP contribution in [0.2, 0.25) is 0 Å². The Balaban J connectivity index is 2.56. The van der Waals surface area contributed by atoms with Crippen molar-refractivity contribution in [2.24, 2.45) is 0 Å². The zero-order chi connectivity index (χ0) is 9.68. The van der Waals surface area contributed by atoms with Gasteiger partial charge >= 0.3 is 0 Å². The van der Waals surface area contributed by atoms with E-state index in [9.17, 15) is 0 Å². The lowest BCUT2D eigenvalue weighted by atomic mass is 10.3. The average Bonchev–Trinajstić information content (AvgIpc) is 2.09. The van der Waals surface area contributed by atoms with Gasteiger partial charge in [0.2, 0.25) is 0 Å². The van der Waals surface area contributed by atoms with Gasteiger partial charge in [0.05, 0.1) is 12.3 Å². The summed E-state index contributed by atoms with van der Waals surface area (Å²) in [5.41, 5.74) is 6.43. The largest absolute Gasteiger partial charge is 0.491 e. The second-order valence-corrected chi connectivity index (χ2v) is 3.80. The van der Waals surface area contributed by atoms with Crippen LogP contribution in [0.5, 0.6) is 5.75 Å². The number of rotatable bonds is 4. The van der Waals surface area contributed by atoms with E-state index in [1.165, 1.54) is 0 Å². The molecule has 3 heteroatoms. The molecular weight excluding hydrogens is 230 g/mol. The normalized spacial score (nSPS) is 10.0. The van der Waals surface area contributed by atoms with Crippen molar-refractivity contribution < 1.29 is 4.74 Å². The molecule has 0 radical (unpaired) electrons. The molecule has 0 saturated carbocycles. The summed E-state index contributed by atoms with van der Waals surface area (Å²) < 4.78 is 6.47. The summed E-state index contributed by atoms with van der Waals surface area (Å²) >= 11 is 3.34. The van der Waals surface area contributed by atoms with Gasteiger partial charge in [0.1, 0.15) is 5.75 Å². The van der Waals surface area contributed by atoms with Gasteiger partial charge in [-0.25, -0.2) is 0 Å². The van der Waals surface area contributed by atoms with Crippen LogP contribution < -0.4 is 10.5 Å². The third kappa shape index (κ3) is 3.27. The average molecular weight is 244 g/mol. The second kappa shape index (κ2) is 5.12. The number of hydrogen-bond acceptors (Lipinski definition) is 2. The summed E-state index contributed by atoms with van der Waals surface area (Å²) in [6.07, 6.45) is 2.20. The first-order chi connectivity index (χ1) is 6.24. The molecule has 0 amide bonds. The van der Waals surface area contributed by atoms with Gasteiger partial charge in [-0.2, -0.15) is 0 Å². The molecule has 0 bridgehead atoms. The van der Waals surface area contributed by atoms with Crippen LogP contribution in [0.4, 0.5) is 5.69 Å². The van der Waals surface area contributed by atoms with Gasteiger partial charge in [-0.15, -0.1) is 0 Å². The molecule has 2 N–H and O–H groups in total. The fourth-order valence-electron chi connectivity index (χ4n) is 0.977. The van der Waals surface area contributed by atoms with Crippen molar-refractivity contribution in [1.29, 1.82) is 0 Å². The van der Waals surface area contributed by atoms with Gasteiger partial charge in [-0.1, -0.05) is 29.3 Å². The van der Waals surface area contributed by atoms with Gasteiger partial charge in [0.15, 0.2) is 0 Å². The van der Waals surface area contributed by atoms with E-state index >= 15 is 0 Å². The molecule has 2 nitrogen and oxygen atoms in total. The minimum absolute atomic E-state index is 0.686. The zero-order valence-electron chi connectivity index (χ0n) is 7.72. The molecule has 0 heterocycles. The fraction of sp³-hybridized carbons (Fsp3) is 0.400. The van der Waals surface area contributed by atoms with Crippen LogP contribution in [-0.4, -0.2) is 6.61 Å². The van der Waals surface area contributed by atoms with Gasteiger partial charge < -0.3 is 10.5 Å². The Kier molecular flexibility index (Phi) is 4.09. The molecule has 0 unspecified atom stereocenters. The van der Waals surface area contributed by atoms with Crippen LogP contribution in [0.15, 0.2) is 22.7 Å². The molecule has 1 rings (SSSR count). The highest BCUT2D eigenvalue weighted by Crippen LogP contribution is 2.25. The second-order valence-electron chi connectivity index (χ2n) is 2.88. The predicted molar refractivity (Wildman–Crippen MR) is 59.0 cm³/mol. The third-order valence-electron chi connectivity index (χ3n) is 1.73. The van der Waals surface area contributed by atoms with Crippen LogP contribution in [-0.2, 0) is 0 Å². The number of ether oxygens (including phenoxy) is 1. The fourth-order valence-corrected chi connectivity index (χ4v) is 1.36. The molecule has 0 fully saturated rings. The summed E-state index contributed by atoms with van der Waals surface area (Å²) in [5, 5.41) is 0. The smallest absolute Gasteiger partial charge is 0.142 e. The Morgan fingerprint density at radius 3 is 2.85 bits per heavy atom. The predicted octanol–water partition coefficient (Wildman–Crippen LogP) is 3.21. The number of benzene rings is 1. The third-order valence-corrected chi connectivity index (χ3v) is 2.22. The molecule has 0 aliphatic heterocycles. The highest BCUT2D eigenvalue weighted by Gasteiger charge is 1.99. The number of halogens is 1. The van der Waals surface area contributed by atoms with Crippen molar-refractivity contribution >= 4 is 21.6 Å². The van der Waals surface area contributed by atoms with Gasteiger partial charge in [0.25, 0.3) is 0 Å². The zero-order valence-corrected chi connectivity index (χ0v) is 9.30. The highest BCUT2D eigenvalue weighted by molar-refractivity contribution is 9.10. The molecular formula is C10H14BrNO. The van der Waals surface area contributed by atoms with Crippen LogP contribution in [0, 0.1) is 0 Å². The van der Waals surface area contributed by atoms with Crippen LogP contribution in [0.3, 0.4) is 0 Å². The SMILES string of the molecule is CCCCOc1ccc(Br)cc1N. The van der Waals surface area contributed by atoms with E-state index < -0.39 is 0 Å². The lowest BCUT2D eigenvalue weighted by molar-refractivity contribution is 0.311. The van der Waals surface area contributed by atoms with Crippen molar-refractivity contribution in [2.45, 2.75) is 19.8 Å². The van der Waals surface area contributed by atoms with E-state index in [-0.39, 0.29) is 0 Å². The molecule has 1 aromatic carbocycles. The Bertz CT molecular complexity index is 276. The Morgan fingerprint density at radius 1 is 1.46 bits per heavy atom. The van der Waals surface area contributed by atoms with Gasteiger partial charge in [-0.05, 0) is 24.6 Å². The Morgan fingerprint density at radius 2 is 2.23 bits per heavy atom. The summed E-state index contributed by atoms with van der Waals surface area (Å²) in [6.45, 7) is 2.87. The van der Waals surface area contributed by atoms with E-state index in [0.717, 1.165) is 29.7 Å². The van der Waals surface area contributed by atoms with E-state index in [0.29, 0.717) is 5.69 Å². The molecule has 0 aliphatic carbocycles. The number of unbranched alkanes of at least 4 members (excludes halogenated alkanes) is 1. The van der Waals surface area contributed by atoms with Crippen LogP contribution >= 0.6 is 15.9 Å². The van der Waals surface area contributed by atoms with Crippen molar-refractivity contribution in [2.75, 3.05) is 12.3 Å². The Labute approximate surface area is 87.2 Å². The molecule has 0 spiro atoms. The van der Waals surface area contributed by atoms with Gasteiger partial charge in [0, 0.05) is 4.47 Å². The quantitative estimate of drug-likeness (QED) is 0.652. The topological polar surface area (TPSA) is 35.2 Å². The van der Waals surface area contributed by atoms with Crippen LogP contribution in [0.25, 0.3) is 0 Å². The molecule has 72 valence electrons. The first-order valence-electron chi connectivity index (χ1n) is 4.42. The van der Waals surface area contributed by atoms with Crippen LogP contribution in [0.1, 0.15) is 19.8 Å². The van der Waals surface area contributed by atoms with Gasteiger partial charge in [-0.3, -0.25) is 0 Å². The van der Waals surface area contributed by atoms with Crippen molar-refractivity contribution in [3.63, 3.8) is 0 Å². The summed E-state index contributed by atoms with van der Waals surface area (Å²) in [6, 6.07) is 5.66. The minimum atomic E-state index is 0.686. The number of anilines is 1. The standard InChI is InChI=1S/C10H14BrNO/c1-2-3-6-13-10-5-4-8(11)7-9(10)12/h4-5,7H,2-3,6,12H2,1H3. The molecule has 1 aromatic rings. The van der Waals surface area contributed by atoms with Crippen molar-refractivity contribution in [1.82, 2.24) is 0 Å². The maximum Gasteiger partial charge on any atom is 0.142 e. The molecule has 0 saturated heterocycles. The summed E-state index contributed by atoms with van der Waals surface area (Å²) in [4.78, 5) is 0. The monoisotopic (exact) mass is 243 g/mol. The first kappa shape index (κ1) is 10.4. The molecule has 0 atom stereocenters. The van der Waals surface area contributed by atoms with E-state index in [1.807, 2.05) is 18.2 Å². The number of nitrogen functional groups attached to an aromatic ring is 1. The summed E-state index contributed by atoms with van der Waals surface area (Å²) in [7, 11) is 0. The minimum Gasteiger partial charge on any atom is -0.491 e. The first-order valence-corrected chi connectivity index (χ1v) is 5.21. The lowest BCUT2D eigenvalue weighted by Gasteiger charge is -2.07. The van der Waals surface area contributed by atoms with Crippen molar-refractivity contribution in [3.8, 4) is 5.75 Å². The number of hydrogen-bond donors (Lipinski definition) is 1. The van der Waals surface area contributed by atoms with E-state index in [4.69, 9.17) is 10.5 Å². The molecule has 0 aliphatic rings. The van der Waals surface area contributed by atoms with E-state index in [2.05, 4.69) is 22.9 Å². The van der Waals surface area contributed by atoms with Crippen molar-refractivity contribution in [3.05, 3.63) is 22.7 Å². The number of nitrogens with two attached hydrogens (primary N) is 1. The lowest BCUT2D eigenvalue weighted by Crippen LogP contribution is -1.99. The highest BCUT2D eigenvalue weighted by atomic mass is 79.9.